The van der Waals surface area contributed by atoms with Crippen molar-refractivity contribution in [2.75, 3.05) is 0 Å². The fourth-order valence-electron chi connectivity index (χ4n) is 11.1. The van der Waals surface area contributed by atoms with Crippen molar-refractivity contribution in [2.45, 2.75) is 52.4 Å². The number of halogens is 2. The molecule has 13 rings (SSSR count). The van der Waals surface area contributed by atoms with E-state index in [9.17, 15) is 8.78 Å². The van der Waals surface area contributed by atoms with E-state index < -0.39 is 0 Å². The van der Waals surface area contributed by atoms with Crippen molar-refractivity contribution in [2.24, 2.45) is 0 Å². The Morgan fingerprint density at radius 3 is 1.61 bits per heavy atom. The predicted molar refractivity (Wildman–Crippen MR) is 328 cm³/mol. The molecule has 12 aromatic rings. The van der Waals surface area contributed by atoms with Gasteiger partial charge in [-0.05, 0) is 125 Å². The van der Waals surface area contributed by atoms with E-state index in [-0.39, 0.29) is 43.5 Å². The molecule has 10 aromatic carbocycles. The molecule has 0 atom stereocenters. The molecule has 1 aliphatic rings. The Bertz CT molecular complexity index is 4370. The summed E-state index contributed by atoms with van der Waals surface area (Å²) < 4.78 is 43.1. The van der Waals surface area contributed by atoms with Crippen LogP contribution in [0.1, 0.15) is 52.7 Å². The number of pyridine rings is 1. The summed E-state index contributed by atoms with van der Waals surface area (Å²) in [6.45, 7) is 13.2. The zero-order valence-corrected chi connectivity index (χ0v) is 48.5. The van der Waals surface area contributed by atoms with Gasteiger partial charge in [-0.2, -0.15) is 6.07 Å². The van der Waals surface area contributed by atoms with E-state index in [4.69, 9.17) is 9.72 Å². The fraction of sp³-hybridized carbons (Fsp3) is 0.108. The molecule has 1 aliphatic heterocycles. The van der Waals surface area contributed by atoms with Crippen LogP contribution in [0.4, 0.5) is 31.5 Å². The molecule has 0 saturated carbocycles. The van der Waals surface area contributed by atoms with Crippen LogP contribution in [0.5, 0.6) is 11.5 Å². The second kappa shape index (κ2) is 21.4. The van der Waals surface area contributed by atoms with E-state index in [1.54, 1.807) is 0 Å². The number of nitrogens with zero attached hydrogens (tertiary/aromatic N) is 4. The predicted octanol–water partition coefficient (Wildman–Crippen LogP) is 19.6. The van der Waals surface area contributed by atoms with Gasteiger partial charge in [0.15, 0.2) is 0 Å². The maximum atomic E-state index is 14.8. The van der Waals surface area contributed by atoms with Crippen LogP contribution in [0.3, 0.4) is 0 Å². The van der Waals surface area contributed by atoms with Crippen molar-refractivity contribution in [3.8, 4) is 73.0 Å². The second-order valence-electron chi connectivity index (χ2n) is 22.7. The number of benzene rings is 10. The molecule has 2 aromatic heterocycles. The smallest absolute Gasteiger partial charge is 0.509 e. The van der Waals surface area contributed by atoms with Crippen molar-refractivity contribution in [1.29, 1.82) is 0 Å². The van der Waals surface area contributed by atoms with Crippen LogP contribution in [0, 0.1) is 23.8 Å². The Labute approximate surface area is 491 Å². The van der Waals surface area contributed by atoms with Crippen LogP contribution in [0.25, 0.3) is 83.3 Å². The summed E-state index contributed by atoms with van der Waals surface area (Å²) in [6.07, 6.45) is 1.88. The quantitative estimate of drug-likeness (QED) is 0.101. The molecule has 0 bridgehead atoms. The minimum absolute atomic E-state index is 0. The standard InChI is InChI=1S/C74H56F2N4O.Pt/c1-73(2,3)53-38-39-77-70(44-53)80-66-25-14-13-22-62(66)63-37-36-58(46-69(63)80)81-59-41-52(71-60(48-18-9-7-10-19-48)23-17-24-61(71)49-20-11-8-12-21-49)40-57(45-59)78-47-79(68-27-16-15-26-67(68)78)72-64(50-28-32-55(75)33-29-50)42-54(74(4,5)6)43-65(72)51-30-34-56(76)35-31-51;/h7-44H,1-6H3;/q;+2. The van der Waals surface area contributed by atoms with Crippen molar-refractivity contribution < 1.29 is 34.6 Å². The number of fused-ring (bicyclic) bond motifs is 4. The number of hydrogen-bond acceptors (Lipinski definition) is 2. The average Bonchev–Trinajstić information content (AvgIpc) is 3.42. The molecular formula is C74H56F2N4OPt+2. The second-order valence-corrected chi connectivity index (χ2v) is 22.7. The molecule has 0 saturated heterocycles. The van der Waals surface area contributed by atoms with E-state index in [1.165, 1.54) is 29.8 Å². The summed E-state index contributed by atoms with van der Waals surface area (Å²) >= 11 is 0. The van der Waals surface area contributed by atoms with Gasteiger partial charge in [-0.25, -0.2) is 13.8 Å². The van der Waals surface area contributed by atoms with Crippen molar-refractivity contribution in [3.05, 3.63) is 266 Å². The number of ether oxygens (including phenoxy) is 1. The van der Waals surface area contributed by atoms with Gasteiger partial charge < -0.3 is 9.30 Å². The van der Waals surface area contributed by atoms with Crippen molar-refractivity contribution in [1.82, 2.24) is 18.7 Å². The van der Waals surface area contributed by atoms with Gasteiger partial charge in [0.2, 0.25) is 5.69 Å². The van der Waals surface area contributed by atoms with Crippen molar-refractivity contribution >= 4 is 50.6 Å². The first-order chi connectivity index (χ1) is 39.2. The Morgan fingerprint density at radius 2 is 1.01 bits per heavy atom. The number of rotatable bonds is 10. The van der Waals surface area contributed by atoms with Gasteiger partial charge in [0.1, 0.15) is 23.1 Å². The van der Waals surface area contributed by atoms with E-state index in [2.05, 4.69) is 214 Å². The van der Waals surface area contributed by atoms with Gasteiger partial charge in [-0.1, -0.05) is 197 Å². The first-order valence-corrected chi connectivity index (χ1v) is 27.3. The Morgan fingerprint density at radius 1 is 0.463 bits per heavy atom. The van der Waals surface area contributed by atoms with E-state index in [0.29, 0.717) is 17.2 Å². The third-order valence-electron chi connectivity index (χ3n) is 15.3. The Balaban J connectivity index is 0.00000665. The van der Waals surface area contributed by atoms with Crippen LogP contribution in [0.2, 0.25) is 0 Å². The molecule has 3 heterocycles. The van der Waals surface area contributed by atoms with E-state index >= 15 is 0 Å². The zero-order valence-electron chi connectivity index (χ0n) is 46.2. The number of para-hydroxylation sites is 3. The fourth-order valence-corrected chi connectivity index (χ4v) is 11.1. The first kappa shape index (κ1) is 53.5. The molecule has 0 unspecified atom stereocenters. The van der Waals surface area contributed by atoms with Gasteiger partial charge >= 0.3 is 27.1 Å². The maximum absolute atomic E-state index is 14.8. The van der Waals surface area contributed by atoms with Gasteiger partial charge in [0.05, 0.1) is 11.1 Å². The van der Waals surface area contributed by atoms with Crippen LogP contribution >= 0.6 is 0 Å². The third kappa shape index (κ3) is 10.0. The summed E-state index contributed by atoms with van der Waals surface area (Å²) in [4.78, 5) is 4.94. The molecule has 0 radical (unpaired) electrons. The van der Waals surface area contributed by atoms with Gasteiger partial charge in [0.25, 0.3) is 11.4 Å². The van der Waals surface area contributed by atoms with Gasteiger partial charge in [0, 0.05) is 35.3 Å². The minimum Gasteiger partial charge on any atom is -0.509 e. The van der Waals surface area contributed by atoms with Crippen LogP contribution in [-0.4, -0.2) is 15.6 Å². The molecule has 0 aliphatic carbocycles. The monoisotopic (exact) mass is 1250 g/mol. The molecule has 82 heavy (non-hydrogen) atoms. The molecule has 8 heteroatoms. The van der Waals surface area contributed by atoms with Crippen LogP contribution < -0.4 is 13.9 Å². The van der Waals surface area contributed by atoms with Crippen LogP contribution in [-0.2, 0) is 31.9 Å². The van der Waals surface area contributed by atoms with Crippen molar-refractivity contribution in [3.63, 3.8) is 0 Å². The zero-order chi connectivity index (χ0) is 55.6. The first-order valence-electron chi connectivity index (χ1n) is 27.3. The summed E-state index contributed by atoms with van der Waals surface area (Å²) in [7, 11) is 0. The summed E-state index contributed by atoms with van der Waals surface area (Å²) in [5, 5.41) is 2.11. The summed E-state index contributed by atoms with van der Waals surface area (Å²) in [6, 6.07) is 85.5. The topological polar surface area (TPSA) is 33.1 Å². The summed E-state index contributed by atoms with van der Waals surface area (Å²) in [5.41, 5.74) is 16.3. The SMILES string of the molecule is CC(C)(C)c1ccnc(-n2c3[c-]c(Oc4[c-]c([N+]5=C=[N+](c6c(-c7ccc(F)cc7)cc(C(C)(C)C)cc6-c6ccc(F)cc6)c6ccccc65)cc(-c5c(-c6ccccc6)cccc5-c5ccccc5)c4)ccc3c3ccccc32)c1.[Pt+2]. The molecule has 400 valence electrons. The Hall–Kier alpha value is -9.12. The molecule has 0 N–H and O–H groups in total. The van der Waals surface area contributed by atoms with Crippen LogP contribution in [0.15, 0.2) is 231 Å². The maximum Gasteiger partial charge on any atom is 2.00 e. The average molecular weight is 1250 g/mol. The molecule has 5 nitrogen and oxygen atoms in total. The van der Waals surface area contributed by atoms with E-state index in [0.717, 1.165) is 106 Å². The van der Waals surface area contributed by atoms with Gasteiger partial charge in [-0.15, -0.1) is 29.1 Å². The molecule has 0 amide bonds. The minimum atomic E-state index is -0.331. The largest absolute Gasteiger partial charge is 2.00 e. The molecule has 0 spiro atoms. The normalized spacial score (nSPS) is 12.2. The number of hydrogen-bond donors (Lipinski definition) is 0. The van der Waals surface area contributed by atoms with Gasteiger partial charge in [-0.3, -0.25) is 0 Å². The summed E-state index contributed by atoms with van der Waals surface area (Å²) in [5.74, 6) is 1.09. The Kier molecular flexibility index (Phi) is 14.0. The molecular weight excluding hydrogens is 1190 g/mol. The number of aromatic nitrogens is 2. The third-order valence-corrected chi connectivity index (χ3v) is 15.3. The molecule has 0 fully saturated rings. The van der Waals surface area contributed by atoms with E-state index in [1.807, 2.05) is 65.4 Å².